The van der Waals surface area contributed by atoms with Gasteiger partial charge in [0, 0.05) is 25.0 Å². The molecule has 0 aliphatic carbocycles. The molecule has 30 heavy (non-hydrogen) atoms. The predicted molar refractivity (Wildman–Crippen MR) is 113 cm³/mol. The number of amides is 1. The third-order valence-corrected chi connectivity index (χ3v) is 7.77. The smallest absolute Gasteiger partial charge is 0.311 e. The topological polar surface area (TPSA) is 105 Å². The number of benzene rings is 1. The minimum atomic E-state index is -3.62. The first-order chi connectivity index (χ1) is 14.5. The van der Waals surface area contributed by atoms with E-state index in [0.29, 0.717) is 31.6 Å². The zero-order valence-corrected chi connectivity index (χ0v) is 17.9. The second kappa shape index (κ2) is 9.07. The van der Waals surface area contributed by atoms with Crippen molar-refractivity contribution in [1.82, 2.24) is 19.8 Å². The molecule has 3 aromatic rings. The van der Waals surface area contributed by atoms with E-state index in [1.54, 1.807) is 10.3 Å². The van der Waals surface area contributed by atoms with Gasteiger partial charge in [-0.1, -0.05) is 30.3 Å². The summed E-state index contributed by atoms with van der Waals surface area (Å²) >= 11 is 1.08. The SMILES string of the molecule is O=C(c1nnc(-c2csc(S(=O)(=O)NCCCc3ccccc3)c2)o1)N1CCCC1. The maximum atomic E-state index is 12.5. The summed E-state index contributed by atoms with van der Waals surface area (Å²) in [7, 11) is -3.62. The Labute approximate surface area is 179 Å². The van der Waals surface area contributed by atoms with E-state index in [1.807, 2.05) is 30.3 Å². The molecular formula is C20H22N4O4S2. The molecular weight excluding hydrogens is 424 g/mol. The highest BCUT2D eigenvalue weighted by molar-refractivity contribution is 7.91. The number of aryl methyl sites for hydroxylation is 1. The first-order valence-corrected chi connectivity index (χ1v) is 12.1. The highest BCUT2D eigenvalue weighted by Crippen LogP contribution is 2.28. The van der Waals surface area contributed by atoms with Crippen LogP contribution in [-0.2, 0) is 16.4 Å². The number of likely N-dealkylation sites (tertiary alicyclic amines) is 1. The molecule has 2 aromatic heterocycles. The van der Waals surface area contributed by atoms with Gasteiger partial charge in [-0.25, -0.2) is 13.1 Å². The van der Waals surface area contributed by atoms with Crippen LogP contribution in [0, 0.1) is 0 Å². The number of nitrogens with one attached hydrogen (secondary N) is 1. The molecule has 3 heterocycles. The molecule has 1 amide bonds. The van der Waals surface area contributed by atoms with Gasteiger partial charge >= 0.3 is 11.8 Å². The van der Waals surface area contributed by atoms with Gasteiger partial charge in [-0.3, -0.25) is 4.79 Å². The van der Waals surface area contributed by atoms with Crippen molar-refractivity contribution in [3.8, 4) is 11.5 Å². The Morgan fingerprint density at radius 1 is 1.17 bits per heavy atom. The molecule has 0 radical (unpaired) electrons. The second-order valence-corrected chi connectivity index (χ2v) is 9.96. The van der Waals surface area contributed by atoms with Crippen LogP contribution < -0.4 is 4.72 Å². The van der Waals surface area contributed by atoms with Crippen molar-refractivity contribution in [1.29, 1.82) is 0 Å². The van der Waals surface area contributed by atoms with E-state index in [2.05, 4.69) is 14.9 Å². The highest BCUT2D eigenvalue weighted by Gasteiger charge is 2.25. The van der Waals surface area contributed by atoms with Crippen LogP contribution in [0.5, 0.6) is 0 Å². The van der Waals surface area contributed by atoms with E-state index < -0.39 is 10.0 Å². The van der Waals surface area contributed by atoms with Gasteiger partial charge in [-0.05, 0) is 37.3 Å². The van der Waals surface area contributed by atoms with Crippen LogP contribution in [-0.4, -0.2) is 49.1 Å². The maximum Gasteiger partial charge on any atom is 0.311 e. The van der Waals surface area contributed by atoms with Crippen molar-refractivity contribution in [2.45, 2.75) is 29.9 Å². The third kappa shape index (κ3) is 4.77. The molecule has 10 heteroatoms. The zero-order valence-electron chi connectivity index (χ0n) is 16.3. The van der Waals surface area contributed by atoms with Crippen LogP contribution in [0.4, 0.5) is 0 Å². The molecule has 8 nitrogen and oxygen atoms in total. The Kier molecular flexibility index (Phi) is 6.26. The van der Waals surface area contributed by atoms with Crippen molar-refractivity contribution in [2.24, 2.45) is 0 Å². The molecule has 1 N–H and O–H groups in total. The number of hydrogen-bond acceptors (Lipinski definition) is 7. The number of hydrogen-bond donors (Lipinski definition) is 1. The number of thiophene rings is 1. The van der Waals surface area contributed by atoms with Gasteiger partial charge < -0.3 is 9.32 Å². The number of nitrogens with zero attached hydrogens (tertiary/aromatic N) is 3. The molecule has 1 fully saturated rings. The highest BCUT2D eigenvalue weighted by atomic mass is 32.2. The summed E-state index contributed by atoms with van der Waals surface area (Å²) in [6, 6.07) is 11.4. The summed E-state index contributed by atoms with van der Waals surface area (Å²) in [4.78, 5) is 14.0. The van der Waals surface area contributed by atoms with Gasteiger partial charge in [-0.15, -0.1) is 21.5 Å². The fraction of sp³-hybridized carbons (Fsp3) is 0.350. The lowest BCUT2D eigenvalue weighted by molar-refractivity contribution is 0.0754. The van der Waals surface area contributed by atoms with Crippen molar-refractivity contribution in [3.63, 3.8) is 0 Å². The average molecular weight is 447 g/mol. The van der Waals surface area contributed by atoms with Crippen LogP contribution in [0.1, 0.15) is 35.5 Å². The Bertz CT molecular complexity index is 1100. The number of rotatable bonds is 8. The largest absolute Gasteiger partial charge is 0.412 e. The first-order valence-electron chi connectivity index (χ1n) is 9.78. The van der Waals surface area contributed by atoms with Crippen LogP contribution in [0.25, 0.3) is 11.5 Å². The summed E-state index contributed by atoms with van der Waals surface area (Å²) in [6.45, 7) is 1.72. The zero-order chi connectivity index (χ0) is 21.0. The van der Waals surface area contributed by atoms with E-state index in [9.17, 15) is 13.2 Å². The summed E-state index contributed by atoms with van der Waals surface area (Å²) in [5.41, 5.74) is 1.66. The van der Waals surface area contributed by atoms with Gasteiger partial charge in [0.05, 0.1) is 5.56 Å². The summed E-state index contributed by atoms with van der Waals surface area (Å²) in [5, 5.41) is 9.38. The lowest BCUT2D eigenvalue weighted by Gasteiger charge is -2.11. The normalized spacial score (nSPS) is 14.3. The molecule has 1 aliphatic rings. The van der Waals surface area contributed by atoms with Gasteiger partial charge in [0.15, 0.2) is 0 Å². The average Bonchev–Trinajstić information content (AvgIpc) is 3.52. The predicted octanol–water partition coefficient (Wildman–Crippen LogP) is 2.95. The monoisotopic (exact) mass is 446 g/mol. The Morgan fingerprint density at radius 3 is 2.70 bits per heavy atom. The van der Waals surface area contributed by atoms with Crippen LogP contribution >= 0.6 is 11.3 Å². The fourth-order valence-electron chi connectivity index (χ4n) is 3.27. The number of aromatic nitrogens is 2. The molecule has 158 valence electrons. The van der Waals surface area contributed by atoms with Crippen molar-refractivity contribution in [3.05, 3.63) is 53.2 Å². The quantitative estimate of drug-likeness (QED) is 0.534. The minimum absolute atomic E-state index is 0.0680. The Balaban J connectivity index is 1.36. The molecule has 0 bridgehead atoms. The molecule has 0 unspecified atom stereocenters. The van der Waals surface area contributed by atoms with E-state index >= 15 is 0 Å². The molecule has 0 saturated carbocycles. The Morgan fingerprint density at radius 2 is 1.93 bits per heavy atom. The second-order valence-electron chi connectivity index (χ2n) is 7.05. The summed E-state index contributed by atoms with van der Waals surface area (Å²) in [5.74, 6) is -0.213. The first kappa shape index (κ1) is 20.7. The molecule has 0 atom stereocenters. The Hall–Kier alpha value is -2.56. The van der Waals surface area contributed by atoms with Crippen LogP contribution in [0.3, 0.4) is 0 Å². The lowest BCUT2D eigenvalue weighted by atomic mass is 10.1. The number of sulfonamides is 1. The minimum Gasteiger partial charge on any atom is -0.412 e. The van der Waals surface area contributed by atoms with Crippen LogP contribution in [0.2, 0.25) is 0 Å². The summed E-state index contributed by atoms with van der Waals surface area (Å²) in [6.07, 6.45) is 3.44. The van der Waals surface area contributed by atoms with Crippen LogP contribution in [0.15, 0.2) is 50.4 Å². The van der Waals surface area contributed by atoms with Gasteiger partial charge in [-0.2, -0.15) is 0 Å². The molecule has 1 aromatic carbocycles. The maximum absolute atomic E-state index is 12.5. The lowest BCUT2D eigenvalue weighted by Crippen LogP contribution is -2.27. The van der Waals surface area contributed by atoms with Gasteiger partial charge in [0.1, 0.15) is 4.21 Å². The van der Waals surface area contributed by atoms with E-state index in [4.69, 9.17) is 4.42 Å². The fourth-order valence-corrected chi connectivity index (χ4v) is 5.54. The number of carbonyl (C=O) groups excluding carboxylic acids is 1. The third-order valence-electron chi connectivity index (χ3n) is 4.87. The molecule has 1 aliphatic heterocycles. The van der Waals surface area contributed by atoms with Crippen molar-refractivity contribution >= 4 is 27.3 Å². The van der Waals surface area contributed by atoms with E-state index in [0.717, 1.165) is 30.6 Å². The van der Waals surface area contributed by atoms with Gasteiger partial charge in [0.2, 0.25) is 15.9 Å². The molecule has 4 rings (SSSR count). The van der Waals surface area contributed by atoms with E-state index in [-0.39, 0.29) is 21.9 Å². The number of carbonyl (C=O) groups is 1. The molecule has 0 spiro atoms. The molecule has 1 saturated heterocycles. The van der Waals surface area contributed by atoms with Gasteiger partial charge in [0.25, 0.3) is 0 Å². The standard InChI is InChI=1S/C20H22N4O4S2/c25-20(24-11-4-5-12-24)19-23-22-18(28-19)16-13-17(29-14-16)30(26,27)21-10-6-9-15-7-2-1-3-8-15/h1-3,7-8,13-14,21H,4-6,9-12H2. The summed E-state index contributed by atoms with van der Waals surface area (Å²) < 4.78 is 33.4. The van der Waals surface area contributed by atoms with Crippen molar-refractivity contribution in [2.75, 3.05) is 19.6 Å². The van der Waals surface area contributed by atoms with Crippen molar-refractivity contribution < 1.29 is 17.6 Å². The van der Waals surface area contributed by atoms with E-state index in [1.165, 1.54) is 11.6 Å².